The van der Waals surface area contributed by atoms with Crippen LogP contribution in [0.15, 0.2) is 47.4 Å². The Kier molecular flexibility index (Phi) is 3.67. The number of nitrogens with two attached hydrogens (primary N) is 1. The molecule has 2 aromatic carbocycles. The normalized spacial score (nSPS) is 11.3. The molecule has 2 N–H and O–H groups in total. The molecular formula is C14H15FN2O2S. The number of hydrogen-bond donors (Lipinski definition) is 1. The molecule has 0 radical (unpaired) electrons. The van der Waals surface area contributed by atoms with Crippen LogP contribution < -0.4 is 10.0 Å². The summed E-state index contributed by atoms with van der Waals surface area (Å²) >= 11 is 0. The lowest BCUT2D eigenvalue weighted by molar-refractivity contribution is 0.593. The highest BCUT2D eigenvalue weighted by atomic mass is 32.2. The fourth-order valence-electron chi connectivity index (χ4n) is 1.73. The molecule has 6 heteroatoms. The highest BCUT2D eigenvalue weighted by Crippen LogP contribution is 2.24. The molecule has 0 saturated heterocycles. The van der Waals surface area contributed by atoms with Gasteiger partial charge in [0.15, 0.2) is 0 Å². The zero-order chi connectivity index (χ0) is 14.9. The van der Waals surface area contributed by atoms with Crippen molar-refractivity contribution in [2.45, 2.75) is 11.8 Å². The van der Waals surface area contributed by atoms with E-state index in [1.165, 1.54) is 13.1 Å². The van der Waals surface area contributed by atoms with Gasteiger partial charge in [-0.2, -0.15) is 0 Å². The van der Waals surface area contributed by atoms with Gasteiger partial charge >= 0.3 is 0 Å². The van der Waals surface area contributed by atoms with Crippen molar-refractivity contribution in [2.24, 2.45) is 0 Å². The standard InChI is InChI=1S/C14H15FN2O2S/c1-10-3-5-11(6-4-10)17(2)20(18,19)12-7-8-13(15)14(16)9-12/h3-9H,16H2,1-2H3. The molecule has 0 amide bonds. The van der Waals surface area contributed by atoms with Gasteiger partial charge in [0.05, 0.1) is 16.3 Å². The smallest absolute Gasteiger partial charge is 0.264 e. The van der Waals surface area contributed by atoms with E-state index in [1.807, 2.05) is 19.1 Å². The minimum absolute atomic E-state index is 0.0422. The Morgan fingerprint density at radius 3 is 2.25 bits per heavy atom. The summed E-state index contributed by atoms with van der Waals surface area (Å²) in [6.07, 6.45) is 0. The largest absolute Gasteiger partial charge is 0.396 e. The molecule has 4 nitrogen and oxygen atoms in total. The third-order valence-electron chi connectivity index (χ3n) is 3.02. The van der Waals surface area contributed by atoms with E-state index in [1.54, 1.807) is 12.1 Å². The Morgan fingerprint density at radius 1 is 1.10 bits per heavy atom. The van der Waals surface area contributed by atoms with Gasteiger partial charge < -0.3 is 5.73 Å². The van der Waals surface area contributed by atoms with Gasteiger partial charge in [0, 0.05) is 7.05 Å². The predicted molar refractivity (Wildman–Crippen MR) is 77.6 cm³/mol. The molecule has 0 unspecified atom stereocenters. The van der Waals surface area contributed by atoms with Gasteiger partial charge in [-0.05, 0) is 37.3 Å². The van der Waals surface area contributed by atoms with E-state index < -0.39 is 15.8 Å². The summed E-state index contributed by atoms with van der Waals surface area (Å²) in [5, 5.41) is 0. The number of aryl methyl sites for hydroxylation is 1. The van der Waals surface area contributed by atoms with Crippen molar-refractivity contribution in [3.63, 3.8) is 0 Å². The van der Waals surface area contributed by atoms with Gasteiger partial charge in [-0.3, -0.25) is 4.31 Å². The number of rotatable bonds is 3. The van der Waals surface area contributed by atoms with Gasteiger partial charge in [0.25, 0.3) is 10.0 Å². The SMILES string of the molecule is Cc1ccc(N(C)S(=O)(=O)c2ccc(F)c(N)c2)cc1. The molecule has 0 aliphatic carbocycles. The number of halogens is 1. The number of nitrogen functional groups attached to an aromatic ring is 1. The van der Waals surface area contributed by atoms with Crippen LogP contribution in [0.25, 0.3) is 0 Å². The van der Waals surface area contributed by atoms with Crippen LogP contribution in [-0.4, -0.2) is 15.5 Å². The minimum Gasteiger partial charge on any atom is -0.396 e. The predicted octanol–water partition coefficient (Wildman–Crippen LogP) is 2.54. The lowest BCUT2D eigenvalue weighted by atomic mass is 10.2. The fourth-order valence-corrected chi connectivity index (χ4v) is 2.97. The number of sulfonamides is 1. The second kappa shape index (κ2) is 5.13. The average Bonchev–Trinajstić information content (AvgIpc) is 2.41. The van der Waals surface area contributed by atoms with Crippen molar-refractivity contribution in [3.8, 4) is 0 Å². The molecule has 20 heavy (non-hydrogen) atoms. The fraction of sp³-hybridized carbons (Fsp3) is 0.143. The first-order valence-electron chi connectivity index (χ1n) is 5.93. The molecule has 0 aliphatic rings. The first-order valence-corrected chi connectivity index (χ1v) is 7.37. The van der Waals surface area contributed by atoms with Crippen LogP contribution >= 0.6 is 0 Å². The summed E-state index contributed by atoms with van der Waals surface area (Å²) in [6, 6.07) is 10.4. The van der Waals surface area contributed by atoms with Crippen molar-refractivity contribution in [2.75, 3.05) is 17.1 Å². The molecule has 0 atom stereocenters. The van der Waals surface area contributed by atoms with Crippen molar-refractivity contribution < 1.29 is 12.8 Å². The Bertz CT molecular complexity index is 727. The number of benzene rings is 2. The van der Waals surface area contributed by atoms with E-state index in [4.69, 9.17) is 5.73 Å². The zero-order valence-corrected chi connectivity index (χ0v) is 12.0. The first kappa shape index (κ1) is 14.3. The highest BCUT2D eigenvalue weighted by Gasteiger charge is 2.22. The Labute approximate surface area is 117 Å². The summed E-state index contributed by atoms with van der Waals surface area (Å²) in [6.45, 7) is 1.92. The molecule has 0 bridgehead atoms. The van der Waals surface area contributed by atoms with Gasteiger partial charge in [-0.15, -0.1) is 0 Å². The zero-order valence-electron chi connectivity index (χ0n) is 11.2. The van der Waals surface area contributed by atoms with Crippen molar-refractivity contribution in [1.29, 1.82) is 0 Å². The van der Waals surface area contributed by atoms with E-state index in [-0.39, 0.29) is 10.6 Å². The number of anilines is 2. The third kappa shape index (κ3) is 2.60. The third-order valence-corrected chi connectivity index (χ3v) is 4.80. The number of nitrogens with zero attached hydrogens (tertiary/aromatic N) is 1. The molecule has 0 aliphatic heterocycles. The lowest BCUT2D eigenvalue weighted by Gasteiger charge is -2.20. The van der Waals surface area contributed by atoms with E-state index in [0.29, 0.717) is 5.69 Å². The number of hydrogen-bond acceptors (Lipinski definition) is 3. The first-order chi connectivity index (χ1) is 9.32. The van der Waals surface area contributed by atoms with Crippen molar-refractivity contribution >= 4 is 21.4 Å². The molecule has 2 rings (SSSR count). The molecule has 0 fully saturated rings. The maximum Gasteiger partial charge on any atom is 0.264 e. The molecule has 0 heterocycles. The van der Waals surface area contributed by atoms with E-state index in [9.17, 15) is 12.8 Å². The van der Waals surface area contributed by atoms with E-state index in [0.717, 1.165) is 22.0 Å². The summed E-state index contributed by atoms with van der Waals surface area (Å²) in [7, 11) is -2.31. The lowest BCUT2D eigenvalue weighted by Crippen LogP contribution is -2.26. The van der Waals surface area contributed by atoms with E-state index >= 15 is 0 Å². The molecule has 2 aromatic rings. The maximum absolute atomic E-state index is 13.1. The van der Waals surface area contributed by atoms with Gasteiger partial charge in [-0.1, -0.05) is 17.7 Å². The van der Waals surface area contributed by atoms with Crippen LogP contribution in [0.4, 0.5) is 15.8 Å². The quantitative estimate of drug-likeness (QED) is 0.885. The summed E-state index contributed by atoms with van der Waals surface area (Å²) < 4.78 is 39.1. The summed E-state index contributed by atoms with van der Waals surface area (Å²) in [4.78, 5) is -0.0422. The van der Waals surface area contributed by atoms with Crippen LogP contribution in [-0.2, 0) is 10.0 Å². The summed E-state index contributed by atoms with van der Waals surface area (Å²) in [5.41, 5.74) is 6.79. The molecule has 106 valence electrons. The average molecular weight is 294 g/mol. The van der Waals surface area contributed by atoms with Crippen molar-refractivity contribution in [3.05, 3.63) is 53.8 Å². The second-order valence-corrected chi connectivity index (χ2v) is 6.46. The van der Waals surface area contributed by atoms with Crippen LogP contribution in [0.1, 0.15) is 5.56 Å². The molecule has 0 saturated carbocycles. The minimum atomic E-state index is -3.76. The van der Waals surface area contributed by atoms with E-state index in [2.05, 4.69) is 0 Å². The Hall–Kier alpha value is -2.08. The summed E-state index contributed by atoms with van der Waals surface area (Å²) in [5.74, 6) is -0.637. The highest BCUT2D eigenvalue weighted by molar-refractivity contribution is 7.92. The Balaban J connectivity index is 2.43. The maximum atomic E-state index is 13.1. The van der Waals surface area contributed by atoms with Crippen LogP contribution in [0.5, 0.6) is 0 Å². The topological polar surface area (TPSA) is 63.4 Å². The molecule has 0 spiro atoms. The van der Waals surface area contributed by atoms with Crippen LogP contribution in [0.3, 0.4) is 0 Å². The van der Waals surface area contributed by atoms with Crippen LogP contribution in [0, 0.1) is 12.7 Å². The Morgan fingerprint density at radius 2 is 1.70 bits per heavy atom. The van der Waals surface area contributed by atoms with Crippen LogP contribution in [0.2, 0.25) is 0 Å². The monoisotopic (exact) mass is 294 g/mol. The molecule has 0 aromatic heterocycles. The molecular weight excluding hydrogens is 279 g/mol. The van der Waals surface area contributed by atoms with Gasteiger partial charge in [0.2, 0.25) is 0 Å². The van der Waals surface area contributed by atoms with Gasteiger partial charge in [0.1, 0.15) is 5.82 Å². The van der Waals surface area contributed by atoms with Gasteiger partial charge in [-0.25, -0.2) is 12.8 Å². The second-order valence-electron chi connectivity index (χ2n) is 4.49. The van der Waals surface area contributed by atoms with Crippen molar-refractivity contribution in [1.82, 2.24) is 0 Å².